The van der Waals surface area contributed by atoms with Gasteiger partial charge in [0.25, 0.3) is 0 Å². The van der Waals surface area contributed by atoms with Gasteiger partial charge < -0.3 is 9.84 Å². The number of carbonyl (C=O) groups excluding carboxylic acids is 1. The summed E-state index contributed by atoms with van der Waals surface area (Å²) in [5, 5.41) is 11.2. The number of esters is 1. The average molecular weight is 258 g/mol. The molecule has 2 rings (SSSR count). The molecule has 0 bridgehead atoms. The van der Waals surface area contributed by atoms with Gasteiger partial charge in [-0.25, -0.2) is 4.79 Å². The summed E-state index contributed by atoms with van der Waals surface area (Å²) in [7, 11) is 0. The number of fused-ring (bicyclic) bond motifs is 1. The van der Waals surface area contributed by atoms with Crippen molar-refractivity contribution in [3.8, 4) is 5.75 Å². The fourth-order valence-electron chi connectivity index (χ4n) is 1.73. The summed E-state index contributed by atoms with van der Waals surface area (Å²) in [4.78, 5) is 11.9. The highest BCUT2D eigenvalue weighted by molar-refractivity contribution is 5.95. The van der Waals surface area contributed by atoms with E-state index in [1.54, 1.807) is 30.3 Å². The fraction of sp³-hybridized carbons (Fsp3) is 0.312. The Morgan fingerprint density at radius 1 is 1.11 bits per heavy atom. The van der Waals surface area contributed by atoms with Gasteiger partial charge in [-0.05, 0) is 40.5 Å². The molecule has 0 aliphatic heterocycles. The highest BCUT2D eigenvalue weighted by Gasteiger charge is 2.15. The number of carbonyl (C=O) groups is 1. The maximum atomic E-state index is 11.9. The Morgan fingerprint density at radius 3 is 2.42 bits per heavy atom. The molecule has 100 valence electrons. The minimum atomic E-state index is -0.315. The molecule has 0 saturated carbocycles. The number of phenols is 1. The number of phenolic OH excluding ortho intramolecular Hbond substituents is 1. The van der Waals surface area contributed by atoms with Crippen LogP contribution < -0.4 is 0 Å². The summed E-state index contributed by atoms with van der Waals surface area (Å²) in [6, 6.07) is 10.4. The monoisotopic (exact) mass is 258 g/mol. The summed E-state index contributed by atoms with van der Waals surface area (Å²) in [5.74, 6) is -0.0968. The maximum absolute atomic E-state index is 11.9. The Labute approximate surface area is 112 Å². The third-order valence-electron chi connectivity index (χ3n) is 2.70. The number of aromatic hydroxyl groups is 1. The van der Waals surface area contributed by atoms with Gasteiger partial charge in [0.05, 0.1) is 12.2 Å². The standard InChI is InChI=1S/C16H18O3/c1-16(2,3)10-19-15(18)13-5-4-12-9-14(17)7-6-11(12)8-13/h4-9,17H,10H2,1-3H3. The van der Waals surface area contributed by atoms with Crippen molar-refractivity contribution in [2.24, 2.45) is 5.41 Å². The van der Waals surface area contributed by atoms with Gasteiger partial charge >= 0.3 is 5.97 Å². The lowest BCUT2D eigenvalue weighted by Gasteiger charge is -2.17. The van der Waals surface area contributed by atoms with Gasteiger partial charge in [-0.2, -0.15) is 0 Å². The van der Waals surface area contributed by atoms with Gasteiger partial charge in [-0.1, -0.05) is 32.9 Å². The van der Waals surface area contributed by atoms with E-state index in [-0.39, 0.29) is 17.1 Å². The molecule has 3 heteroatoms. The van der Waals surface area contributed by atoms with E-state index in [0.717, 1.165) is 10.8 Å². The molecule has 0 aromatic heterocycles. The van der Waals surface area contributed by atoms with Crippen LogP contribution in [-0.4, -0.2) is 17.7 Å². The molecular formula is C16H18O3. The predicted octanol–water partition coefficient (Wildman–Crippen LogP) is 3.75. The van der Waals surface area contributed by atoms with Crippen LogP contribution >= 0.6 is 0 Å². The lowest BCUT2D eigenvalue weighted by Crippen LogP contribution is -2.18. The van der Waals surface area contributed by atoms with Gasteiger partial charge in [-0.15, -0.1) is 0 Å². The molecule has 1 N–H and O–H groups in total. The Kier molecular flexibility index (Phi) is 3.47. The van der Waals surface area contributed by atoms with Crippen molar-refractivity contribution in [3.63, 3.8) is 0 Å². The molecule has 0 atom stereocenters. The zero-order chi connectivity index (χ0) is 14.0. The van der Waals surface area contributed by atoms with Crippen LogP contribution in [0.4, 0.5) is 0 Å². The van der Waals surface area contributed by atoms with Crippen LogP contribution in [0.2, 0.25) is 0 Å². The lowest BCUT2D eigenvalue weighted by molar-refractivity contribution is 0.0367. The number of benzene rings is 2. The molecule has 0 amide bonds. The molecular weight excluding hydrogens is 240 g/mol. The molecule has 19 heavy (non-hydrogen) atoms. The Morgan fingerprint density at radius 2 is 1.74 bits per heavy atom. The van der Waals surface area contributed by atoms with Gasteiger partial charge in [0, 0.05) is 0 Å². The summed E-state index contributed by atoms with van der Waals surface area (Å²) in [5.41, 5.74) is 0.487. The molecule has 0 spiro atoms. The van der Waals surface area contributed by atoms with E-state index in [1.165, 1.54) is 0 Å². The smallest absolute Gasteiger partial charge is 0.338 e. The minimum Gasteiger partial charge on any atom is -0.508 e. The van der Waals surface area contributed by atoms with Gasteiger partial charge in [0.15, 0.2) is 0 Å². The molecule has 3 nitrogen and oxygen atoms in total. The summed E-state index contributed by atoms with van der Waals surface area (Å²) >= 11 is 0. The molecule has 0 aliphatic rings. The largest absolute Gasteiger partial charge is 0.508 e. The summed E-state index contributed by atoms with van der Waals surface area (Å²) in [6.07, 6.45) is 0. The first-order chi connectivity index (χ1) is 8.85. The third kappa shape index (κ3) is 3.47. The van der Waals surface area contributed by atoms with Crippen LogP contribution in [0.25, 0.3) is 10.8 Å². The number of hydrogen-bond acceptors (Lipinski definition) is 3. The third-order valence-corrected chi connectivity index (χ3v) is 2.70. The second kappa shape index (κ2) is 4.92. The van der Waals surface area contributed by atoms with Crippen LogP contribution in [0.15, 0.2) is 36.4 Å². The van der Waals surface area contributed by atoms with E-state index < -0.39 is 0 Å². The Hall–Kier alpha value is -2.03. The van der Waals surface area contributed by atoms with Crippen molar-refractivity contribution >= 4 is 16.7 Å². The number of rotatable bonds is 2. The van der Waals surface area contributed by atoms with E-state index in [4.69, 9.17) is 4.74 Å². The van der Waals surface area contributed by atoms with Crippen LogP contribution in [0.1, 0.15) is 31.1 Å². The van der Waals surface area contributed by atoms with Crippen molar-refractivity contribution in [1.29, 1.82) is 0 Å². The Bertz CT molecular complexity index is 609. The van der Waals surface area contributed by atoms with E-state index >= 15 is 0 Å². The topological polar surface area (TPSA) is 46.5 Å². The molecule has 0 unspecified atom stereocenters. The van der Waals surface area contributed by atoms with Crippen molar-refractivity contribution in [1.82, 2.24) is 0 Å². The van der Waals surface area contributed by atoms with Gasteiger partial charge in [0.2, 0.25) is 0 Å². The second-order valence-electron chi connectivity index (χ2n) is 5.88. The minimum absolute atomic E-state index is 0.0434. The van der Waals surface area contributed by atoms with E-state index in [1.807, 2.05) is 26.8 Å². The quantitative estimate of drug-likeness (QED) is 0.834. The molecule has 2 aromatic carbocycles. The first kappa shape index (κ1) is 13.4. The molecule has 0 radical (unpaired) electrons. The zero-order valence-corrected chi connectivity index (χ0v) is 11.4. The first-order valence-electron chi connectivity index (χ1n) is 6.25. The highest BCUT2D eigenvalue weighted by Crippen LogP contribution is 2.22. The predicted molar refractivity (Wildman–Crippen MR) is 75.4 cm³/mol. The molecule has 0 fully saturated rings. The van der Waals surface area contributed by atoms with Crippen molar-refractivity contribution < 1.29 is 14.6 Å². The van der Waals surface area contributed by atoms with E-state index in [2.05, 4.69) is 0 Å². The van der Waals surface area contributed by atoms with E-state index in [9.17, 15) is 9.90 Å². The van der Waals surface area contributed by atoms with Crippen LogP contribution in [0.3, 0.4) is 0 Å². The van der Waals surface area contributed by atoms with Crippen molar-refractivity contribution in [2.75, 3.05) is 6.61 Å². The SMILES string of the molecule is CC(C)(C)COC(=O)c1ccc2cc(O)ccc2c1. The summed E-state index contributed by atoms with van der Waals surface area (Å²) < 4.78 is 5.28. The van der Waals surface area contributed by atoms with Gasteiger partial charge in [0.1, 0.15) is 5.75 Å². The zero-order valence-electron chi connectivity index (χ0n) is 11.4. The van der Waals surface area contributed by atoms with Crippen molar-refractivity contribution in [2.45, 2.75) is 20.8 Å². The molecule has 0 aliphatic carbocycles. The summed E-state index contributed by atoms with van der Waals surface area (Å²) in [6.45, 7) is 6.44. The molecule has 2 aromatic rings. The van der Waals surface area contributed by atoms with Gasteiger partial charge in [-0.3, -0.25) is 0 Å². The second-order valence-corrected chi connectivity index (χ2v) is 5.88. The fourth-order valence-corrected chi connectivity index (χ4v) is 1.73. The maximum Gasteiger partial charge on any atom is 0.338 e. The van der Waals surface area contributed by atoms with Crippen LogP contribution in [0, 0.1) is 5.41 Å². The lowest BCUT2D eigenvalue weighted by atomic mass is 9.99. The molecule has 0 heterocycles. The number of hydrogen-bond donors (Lipinski definition) is 1. The number of ether oxygens (including phenoxy) is 1. The van der Waals surface area contributed by atoms with E-state index in [0.29, 0.717) is 12.2 Å². The molecule has 0 saturated heterocycles. The normalized spacial score (nSPS) is 11.5. The van der Waals surface area contributed by atoms with Crippen LogP contribution in [0.5, 0.6) is 5.75 Å². The average Bonchev–Trinajstić information content (AvgIpc) is 2.34. The first-order valence-corrected chi connectivity index (χ1v) is 6.25. The highest BCUT2D eigenvalue weighted by atomic mass is 16.5. The van der Waals surface area contributed by atoms with Crippen molar-refractivity contribution in [3.05, 3.63) is 42.0 Å². The van der Waals surface area contributed by atoms with Crippen LogP contribution in [-0.2, 0) is 4.74 Å². The Balaban J connectivity index is 2.21.